The molecule has 0 unspecified atom stereocenters. The van der Waals surface area contributed by atoms with E-state index in [9.17, 15) is 14.4 Å². The van der Waals surface area contributed by atoms with E-state index in [1.165, 1.54) is 4.90 Å². The summed E-state index contributed by atoms with van der Waals surface area (Å²) in [6, 6.07) is 31.7. The molecule has 5 heteroatoms. The van der Waals surface area contributed by atoms with Crippen LogP contribution in [-0.4, -0.2) is 17.8 Å². The molecule has 4 aromatic carbocycles. The van der Waals surface area contributed by atoms with Gasteiger partial charge in [-0.05, 0) is 46.5 Å². The van der Waals surface area contributed by atoms with Crippen molar-refractivity contribution in [2.24, 2.45) is 11.8 Å². The minimum absolute atomic E-state index is 0.159. The van der Waals surface area contributed by atoms with Gasteiger partial charge in [0.25, 0.3) is 0 Å². The first-order valence-corrected chi connectivity index (χ1v) is 12.1. The first-order chi connectivity index (χ1) is 17.6. The first-order valence-electron chi connectivity index (χ1n) is 12.1. The van der Waals surface area contributed by atoms with Crippen molar-refractivity contribution in [2.45, 2.75) is 11.8 Å². The van der Waals surface area contributed by atoms with Gasteiger partial charge in [-0.1, -0.05) is 72.8 Å². The zero-order chi connectivity index (χ0) is 24.4. The van der Waals surface area contributed by atoms with Gasteiger partial charge in [-0.2, -0.15) is 0 Å². The fraction of sp³-hybridized carbons (Fsp3) is 0.129. The monoisotopic (exact) mass is 471 g/mol. The summed E-state index contributed by atoms with van der Waals surface area (Å²) in [6.45, 7) is 0. The summed E-state index contributed by atoms with van der Waals surface area (Å²) in [5, 5.41) is 0. The molecule has 1 saturated heterocycles. The smallest absolute Gasteiger partial charge is 0.343 e. The van der Waals surface area contributed by atoms with E-state index in [2.05, 4.69) is 24.3 Å². The van der Waals surface area contributed by atoms with Crippen molar-refractivity contribution in [2.75, 3.05) is 4.90 Å². The molecule has 0 aromatic heterocycles. The van der Waals surface area contributed by atoms with Crippen LogP contribution in [0.15, 0.2) is 103 Å². The van der Waals surface area contributed by atoms with Gasteiger partial charge in [0.05, 0.1) is 23.1 Å². The van der Waals surface area contributed by atoms with Crippen molar-refractivity contribution in [3.63, 3.8) is 0 Å². The third-order valence-corrected chi connectivity index (χ3v) is 7.74. The zero-order valence-electron chi connectivity index (χ0n) is 19.2. The summed E-state index contributed by atoms with van der Waals surface area (Å²) in [4.78, 5) is 41.7. The Kier molecular flexibility index (Phi) is 4.48. The second-order valence-electron chi connectivity index (χ2n) is 9.53. The standard InChI is InChI=1S/C31H21NO4/c33-29-27-25-21-13-4-5-14-22(21)26(24-16-7-6-15-23(24)25)28(27)30(34)32(29)19-11-8-12-20(17-19)36-31(35)18-9-2-1-3-10-18/h1-17,25-28H/t25?,26?,27-,28-/m0/s1. The van der Waals surface area contributed by atoms with Gasteiger partial charge in [-0.3, -0.25) is 9.59 Å². The van der Waals surface area contributed by atoms with Crippen LogP contribution in [0, 0.1) is 11.8 Å². The zero-order valence-corrected chi connectivity index (χ0v) is 19.2. The van der Waals surface area contributed by atoms with Crippen LogP contribution in [0.1, 0.15) is 44.4 Å². The molecule has 1 heterocycles. The van der Waals surface area contributed by atoms with Gasteiger partial charge < -0.3 is 4.74 Å². The number of carbonyl (C=O) groups excluding carboxylic acids is 3. The Morgan fingerprint density at radius 2 is 1.11 bits per heavy atom. The molecule has 2 bridgehead atoms. The second-order valence-corrected chi connectivity index (χ2v) is 9.53. The molecule has 1 fully saturated rings. The lowest BCUT2D eigenvalue weighted by atomic mass is 9.55. The maximum Gasteiger partial charge on any atom is 0.343 e. The molecule has 3 aliphatic carbocycles. The van der Waals surface area contributed by atoms with E-state index in [4.69, 9.17) is 4.74 Å². The van der Waals surface area contributed by atoms with Crippen molar-refractivity contribution in [3.05, 3.63) is 131 Å². The fourth-order valence-electron chi connectivity index (χ4n) is 6.36. The van der Waals surface area contributed by atoms with Crippen molar-refractivity contribution in [1.29, 1.82) is 0 Å². The van der Waals surface area contributed by atoms with Gasteiger partial charge in [-0.15, -0.1) is 0 Å². The van der Waals surface area contributed by atoms with E-state index in [0.717, 1.165) is 22.3 Å². The summed E-state index contributed by atoms with van der Waals surface area (Å²) in [5.41, 5.74) is 5.39. The third kappa shape index (κ3) is 2.86. The number of carbonyl (C=O) groups is 3. The molecule has 4 aromatic rings. The van der Waals surface area contributed by atoms with E-state index >= 15 is 0 Å². The topological polar surface area (TPSA) is 63.7 Å². The SMILES string of the molecule is O=C(Oc1cccc(N2C(=O)[C@H]3C4c5ccccc5C(c5ccccc54)[C@@H]3C2=O)c1)c1ccccc1. The Bertz CT molecular complexity index is 1440. The molecule has 2 atom stereocenters. The van der Waals surface area contributed by atoms with E-state index in [1.807, 2.05) is 30.3 Å². The molecule has 0 spiro atoms. The number of benzene rings is 4. The molecule has 0 saturated carbocycles. The highest BCUT2D eigenvalue weighted by Gasteiger charge is 2.61. The van der Waals surface area contributed by atoms with Gasteiger partial charge in [0, 0.05) is 17.9 Å². The largest absolute Gasteiger partial charge is 0.423 e. The molecular weight excluding hydrogens is 450 g/mol. The normalized spacial score (nSPS) is 23.2. The van der Waals surface area contributed by atoms with Crippen molar-refractivity contribution in [1.82, 2.24) is 0 Å². The van der Waals surface area contributed by atoms with Crippen molar-refractivity contribution < 1.29 is 19.1 Å². The van der Waals surface area contributed by atoms with Crippen LogP contribution >= 0.6 is 0 Å². The summed E-state index contributed by atoms with van der Waals surface area (Å²) in [5.74, 6) is -1.84. The van der Waals surface area contributed by atoms with Gasteiger partial charge in [-0.25, -0.2) is 9.69 Å². The number of amides is 2. The number of nitrogens with zero attached hydrogens (tertiary/aromatic N) is 1. The fourth-order valence-corrected chi connectivity index (χ4v) is 6.36. The third-order valence-electron chi connectivity index (χ3n) is 7.74. The van der Waals surface area contributed by atoms with Gasteiger partial charge in [0.15, 0.2) is 0 Å². The van der Waals surface area contributed by atoms with E-state index in [0.29, 0.717) is 11.3 Å². The molecule has 1 aliphatic heterocycles. The number of anilines is 1. The molecule has 0 radical (unpaired) electrons. The average Bonchev–Trinajstić information content (AvgIpc) is 3.19. The number of rotatable bonds is 3. The molecule has 174 valence electrons. The number of hydrogen-bond acceptors (Lipinski definition) is 4. The van der Waals surface area contributed by atoms with Crippen LogP contribution in [0.3, 0.4) is 0 Å². The maximum atomic E-state index is 13.9. The van der Waals surface area contributed by atoms with Crippen molar-refractivity contribution in [3.8, 4) is 5.75 Å². The number of esters is 1. The Morgan fingerprint density at radius 1 is 0.611 bits per heavy atom. The van der Waals surface area contributed by atoms with Gasteiger partial charge >= 0.3 is 5.97 Å². The number of hydrogen-bond donors (Lipinski definition) is 0. The highest BCUT2D eigenvalue weighted by Crippen LogP contribution is 2.61. The molecule has 8 rings (SSSR count). The van der Waals surface area contributed by atoms with E-state index < -0.39 is 17.8 Å². The lowest BCUT2D eigenvalue weighted by Crippen LogP contribution is -2.41. The maximum absolute atomic E-state index is 13.9. The van der Waals surface area contributed by atoms with Gasteiger partial charge in [0.1, 0.15) is 5.75 Å². The predicted octanol–water partition coefficient (Wildman–Crippen LogP) is 5.30. The van der Waals surface area contributed by atoms with Crippen LogP contribution < -0.4 is 9.64 Å². The minimum Gasteiger partial charge on any atom is -0.423 e. The summed E-state index contributed by atoms with van der Waals surface area (Å²) >= 11 is 0. The summed E-state index contributed by atoms with van der Waals surface area (Å²) in [7, 11) is 0. The lowest BCUT2D eigenvalue weighted by Gasteiger charge is -2.45. The first kappa shape index (κ1) is 20.8. The Balaban J connectivity index is 1.27. The summed E-state index contributed by atoms with van der Waals surface area (Å²) in [6.07, 6.45) is 0. The second kappa shape index (κ2) is 7.75. The highest BCUT2D eigenvalue weighted by molar-refractivity contribution is 6.23. The molecule has 4 aliphatic rings. The molecular formula is C31H21NO4. The Morgan fingerprint density at radius 3 is 1.64 bits per heavy atom. The average molecular weight is 472 g/mol. The molecule has 0 N–H and O–H groups in total. The predicted molar refractivity (Wildman–Crippen MR) is 134 cm³/mol. The van der Waals surface area contributed by atoms with Crippen LogP contribution in [0.2, 0.25) is 0 Å². The van der Waals surface area contributed by atoms with Crippen molar-refractivity contribution >= 4 is 23.5 Å². The quantitative estimate of drug-likeness (QED) is 0.231. The Hall–Kier alpha value is -4.51. The van der Waals surface area contributed by atoms with Crippen LogP contribution in [0.4, 0.5) is 5.69 Å². The lowest BCUT2D eigenvalue weighted by molar-refractivity contribution is -0.122. The van der Waals surface area contributed by atoms with E-state index in [1.54, 1.807) is 48.5 Å². The number of imide groups is 1. The van der Waals surface area contributed by atoms with Crippen LogP contribution in [-0.2, 0) is 9.59 Å². The van der Waals surface area contributed by atoms with Gasteiger partial charge in [0.2, 0.25) is 11.8 Å². The summed E-state index contributed by atoms with van der Waals surface area (Å²) < 4.78 is 5.56. The van der Waals surface area contributed by atoms with Crippen LogP contribution in [0.25, 0.3) is 0 Å². The Labute approximate surface area is 207 Å². The number of ether oxygens (including phenoxy) is 1. The highest BCUT2D eigenvalue weighted by atomic mass is 16.5. The molecule has 2 amide bonds. The molecule has 36 heavy (non-hydrogen) atoms. The van der Waals surface area contributed by atoms with Crippen LogP contribution in [0.5, 0.6) is 5.75 Å². The van der Waals surface area contributed by atoms with E-state index in [-0.39, 0.29) is 29.4 Å². The minimum atomic E-state index is -0.496. The molecule has 5 nitrogen and oxygen atoms in total.